The van der Waals surface area contributed by atoms with Crippen molar-refractivity contribution in [1.29, 1.82) is 0 Å². The summed E-state index contributed by atoms with van der Waals surface area (Å²) in [6.07, 6.45) is 2.32. The molecule has 0 radical (unpaired) electrons. The van der Waals surface area contributed by atoms with Gasteiger partial charge in [0, 0.05) is 11.1 Å². The van der Waals surface area contributed by atoms with Crippen LogP contribution in [0.5, 0.6) is 5.75 Å². The summed E-state index contributed by atoms with van der Waals surface area (Å²) in [5.41, 5.74) is 0.334. The van der Waals surface area contributed by atoms with Gasteiger partial charge in [-0.25, -0.2) is 4.79 Å². The summed E-state index contributed by atoms with van der Waals surface area (Å²) >= 11 is 0. The smallest absolute Gasteiger partial charge is 0.325 e. The summed E-state index contributed by atoms with van der Waals surface area (Å²) in [5, 5.41) is 2.98. The monoisotopic (exact) mass is 372 g/mol. The maximum absolute atomic E-state index is 13.3. The molecular formula is C21H28N2O4. The fraction of sp³-hybridized carbons (Fsp3) is 0.571. The molecular weight excluding hydrogens is 344 g/mol. The normalized spacial score (nSPS) is 27.0. The number of hydrogen-bond donors (Lipinski definition) is 1. The lowest BCUT2D eigenvalue weighted by atomic mass is 9.64. The summed E-state index contributed by atoms with van der Waals surface area (Å²) in [7, 11) is 1.53. The highest BCUT2D eigenvalue weighted by Crippen LogP contribution is 2.46. The number of carbonyl (C=O) groups is 3. The third-order valence-electron chi connectivity index (χ3n) is 5.64. The van der Waals surface area contributed by atoms with E-state index in [0.29, 0.717) is 35.6 Å². The summed E-state index contributed by atoms with van der Waals surface area (Å²) in [5.74, 6) is 0.658. The minimum atomic E-state index is -0.830. The molecule has 1 aromatic rings. The number of carbonyl (C=O) groups excluding carboxylic acids is 3. The Hall–Kier alpha value is -2.37. The molecule has 1 aliphatic carbocycles. The van der Waals surface area contributed by atoms with Crippen LogP contribution in [0.3, 0.4) is 0 Å². The SMILES string of the molecule is COc1ccc(C(C)=O)cc1CN1C(=O)N[C@]2(C[C@@H](C)CC(C)(C)C2)C1=O. The van der Waals surface area contributed by atoms with Crippen LogP contribution in [0.2, 0.25) is 0 Å². The molecule has 3 amide bonds. The molecule has 1 aromatic carbocycles. The Morgan fingerprint density at radius 3 is 2.59 bits per heavy atom. The number of amides is 3. The first kappa shape index (κ1) is 19.4. The molecule has 0 bridgehead atoms. The number of Topliss-reactive ketones (excluding diaryl/α,β-unsaturated/α-hetero) is 1. The lowest BCUT2D eigenvalue weighted by molar-refractivity contribution is -0.135. The van der Waals surface area contributed by atoms with Gasteiger partial charge in [-0.05, 0) is 55.7 Å². The predicted octanol–water partition coefficient (Wildman–Crippen LogP) is 3.53. The second-order valence-corrected chi connectivity index (χ2v) is 8.84. The molecule has 146 valence electrons. The number of hydrogen-bond acceptors (Lipinski definition) is 4. The number of nitrogens with one attached hydrogen (secondary N) is 1. The summed E-state index contributed by atoms with van der Waals surface area (Å²) < 4.78 is 5.37. The first-order valence-electron chi connectivity index (χ1n) is 9.39. The van der Waals surface area contributed by atoms with Gasteiger partial charge in [0.2, 0.25) is 0 Å². The number of urea groups is 1. The Balaban J connectivity index is 1.91. The quantitative estimate of drug-likeness (QED) is 0.648. The van der Waals surface area contributed by atoms with Crippen LogP contribution in [0.15, 0.2) is 18.2 Å². The number of benzene rings is 1. The Morgan fingerprint density at radius 1 is 1.30 bits per heavy atom. The highest BCUT2D eigenvalue weighted by molar-refractivity contribution is 6.07. The van der Waals surface area contributed by atoms with Crippen LogP contribution in [0.1, 0.15) is 62.9 Å². The lowest BCUT2D eigenvalue weighted by Gasteiger charge is -2.43. The molecule has 0 aromatic heterocycles. The van der Waals surface area contributed by atoms with Crippen molar-refractivity contribution in [3.8, 4) is 5.75 Å². The molecule has 27 heavy (non-hydrogen) atoms. The van der Waals surface area contributed by atoms with Crippen molar-refractivity contribution < 1.29 is 19.1 Å². The van der Waals surface area contributed by atoms with Crippen LogP contribution in [0, 0.1) is 11.3 Å². The number of ketones is 1. The van der Waals surface area contributed by atoms with Crippen molar-refractivity contribution in [3.05, 3.63) is 29.3 Å². The summed E-state index contributed by atoms with van der Waals surface area (Å²) in [6, 6.07) is 4.70. The van der Waals surface area contributed by atoms with Gasteiger partial charge in [0.25, 0.3) is 5.91 Å². The van der Waals surface area contributed by atoms with Gasteiger partial charge in [-0.2, -0.15) is 0 Å². The van der Waals surface area contributed by atoms with Crippen molar-refractivity contribution in [3.63, 3.8) is 0 Å². The first-order chi connectivity index (χ1) is 12.6. The van der Waals surface area contributed by atoms with Crippen molar-refractivity contribution in [1.82, 2.24) is 10.2 Å². The number of methoxy groups -OCH3 is 1. The molecule has 1 saturated heterocycles. The van der Waals surface area contributed by atoms with Crippen LogP contribution >= 0.6 is 0 Å². The van der Waals surface area contributed by atoms with Crippen molar-refractivity contribution >= 4 is 17.7 Å². The molecule has 1 aliphatic heterocycles. The van der Waals surface area contributed by atoms with E-state index in [1.807, 2.05) is 0 Å². The van der Waals surface area contributed by atoms with E-state index in [1.165, 1.54) is 18.9 Å². The number of imide groups is 1. The van der Waals surface area contributed by atoms with Gasteiger partial charge in [-0.3, -0.25) is 14.5 Å². The highest BCUT2D eigenvalue weighted by Gasteiger charge is 2.56. The molecule has 2 atom stereocenters. The number of nitrogens with zero attached hydrogens (tertiary/aromatic N) is 1. The molecule has 1 heterocycles. The van der Waals surface area contributed by atoms with E-state index in [2.05, 4.69) is 26.1 Å². The average molecular weight is 372 g/mol. The number of ether oxygens (including phenoxy) is 1. The average Bonchev–Trinajstić information content (AvgIpc) is 2.76. The molecule has 0 unspecified atom stereocenters. The van der Waals surface area contributed by atoms with E-state index in [9.17, 15) is 14.4 Å². The van der Waals surface area contributed by atoms with Crippen LogP contribution in [0.4, 0.5) is 4.79 Å². The largest absolute Gasteiger partial charge is 0.496 e. The van der Waals surface area contributed by atoms with Crippen molar-refractivity contribution in [2.45, 2.75) is 59.0 Å². The van der Waals surface area contributed by atoms with E-state index in [1.54, 1.807) is 18.2 Å². The predicted molar refractivity (Wildman–Crippen MR) is 102 cm³/mol. The van der Waals surface area contributed by atoms with Gasteiger partial charge in [-0.15, -0.1) is 0 Å². The molecule has 3 rings (SSSR count). The van der Waals surface area contributed by atoms with Crippen molar-refractivity contribution in [2.24, 2.45) is 11.3 Å². The van der Waals surface area contributed by atoms with Gasteiger partial charge in [-0.1, -0.05) is 20.8 Å². The highest BCUT2D eigenvalue weighted by atomic mass is 16.5. The first-order valence-corrected chi connectivity index (χ1v) is 9.39. The Kier molecular flexibility index (Phi) is 4.78. The third-order valence-corrected chi connectivity index (χ3v) is 5.64. The zero-order valence-corrected chi connectivity index (χ0v) is 16.7. The minimum absolute atomic E-state index is 0.0111. The van der Waals surface area contributed by atoms with E-state index < -0.39 is 5.54 Å². The zero-order valence-electron chi connectivity index (χ0n) is 16.7. The van der Waals surface area contributed by atoms with E-state index in [0.717, 1.165) is 6.42 Å². The third kappa shape index (κ3) is 3.57. The zero-order chi connectivity index (χ0) is 20.0. The van der Waals surface area contributed by atoms with Crippen LogP contribution < -0.4 is 10.1 Å². The van der Waals surface area contributed by atoms with Gasteiger partial charge in [0.15, 0.2) is 5.78 Å². The topological polar surface area (TPSA) is 75.7 Å². The molecule has 2 aliphatic rings. The van der Waals surface area contributed by atoms with Gasteiger partial charge in [0.1, 0.15) is 11.3 Å². The second kappa shape index (κ2) is 6.66. The Labute approximate surface area is 160 Å². The standard InChI is InChI=1S/C21H28N2O4/c1-13-9-20(3,4)12-21(10-13)18(25)23(19(26)22-21)11-16-8-15(14(2)24)6-7-17(16)27-5/h6-8,13H,9-12H2,1-5H3,(H,22,26)/t13-,21-/m0/s1. The maximum Gasteiger partial charge on any atom is 0.325 e. The van der Waals surface area contributed by atoms with E-state index >= 15 is 0 Å². The molecule has 6 heteroatoms. The van der Waals surface area contributed by atoms with E-state index in [4.69, 9.17) is 4.74 Å². The molecule has 2 fully saturated rings. The maximum atomic E-state index is 13.3. The number of rotatable bonds is 4. The summed E-state index contributed by atoms with van der Waals surface area (Å²) in [6.45, 7) is 7.99. The van der Waals surface area contributed by atoms with Gasteiger partial charge in [0.05, 0.1) is 13.7 Å². The second-order valence-electron chi connectivity index (χ2n) is 8.84. The molecule has 1 N–H and O–H groups in total. The van der Waals surface area contributed by atoms with Crippen LogP contribution in [-0.4, -0.2) is 35.3 Å². The Morgan fingerprint density at radius 2 is 2.00 bits per heavy atom. The Bertz CT molecular complexity index is 801. The summed E-state index contributed by atoms with van der Waals surface area (Å²) in [4.78, 5) is 38.9. The fourth-order valence-electron chi connectivity index (χ4n) is 4.94. The van der Waals surface area contributed by atoms with E-state index in [-0.39, 0.29) is 29.7 Å². The van der Waals surface area contributed by atoms with Gasteiger partial charge >= 0.3 is 6.03 Å². The van der Waals surface area contributed by atoms with Crippen LogP contribution in [-0.2, 0) is 11.3 Å². The molecule has 1 saturated carbocycles. The van der Waals surface area contributed by atoms with Gasteiger partial charge < -0.3 is 10.1 Å². The van der Waals surface area contributed by atoms with Crippen molar-refractivity contribution in [2.75, 3.05) is 7.11 Å². The fourth-order valence-corrected chi connectivity index (χ4v) is 4.94. The minimum Gasteiger partial charge on any atom is -0.496 e. The molecule has 6 nitrogen and oxygen atoms in total. The molecule has 1 spiro atoms. The van der Waals surface area contributed by atoms with Crippen LogP contribution in [0.25, 0.3) is 0 Å². The lowest BCUT2D eigenvalue weighted by Crippen LogP contribution is -2.54.